The van der Waals surface area contributed by atoms with Crippen molar-refractivity contribution in [3.8, 4) is 0 Å². The number of carbonyl (C=O) groups excluding carboxylic acids is 2. The van der Waals surface area contributed by atoms with E-state index >= 15 is 0 Å². The average Bonchev–Trinajstić information content (AvgIpc) is 3.05. The molecule has 1 saturated heterocycles. The summed E-state index contributed by atoms with van der Waals surface area (Å²) in [7, 11) is 0. The maximum Gasteiger partial charge on any atom is 0.335 e. The zero-order valence-corrected chi connectivity index (χ0v) is 14.6. The molecule has 0 radical (unpaired) electrons. The molecule has 1 heterocycles. The van der Waals surface area contributed by atoms with Crippen LogP contribution in [0, 0.1) is 5.82 Å². The number of benzene rings is 2. The number of carbonyl (C=O) groups is 3. The Morgan fingerprint density at radius 1 is 1.15 bits per heavy atom. The molecule has 0 aromatic heterocycles. The van der Waals surface area contributed by atoms with E-state index in [4.69, 9.17) is 5.11 Å². The van der Waals surface area contributed by atoms with Gasteiger partial charge in [-0.3, -0.25) is 9.59 Å². The number of halogens is 1. The first kappa shape index (κ1) is 18.6. The molecule has 1 aliphatic rings. The normalized spacial score (nSPS) is 13.7. The van der Waals surface area contributed by atoms with Gasteiger partial charge in [0.25, 0.3) is 5.91 Å². The van der Waals surface area contributed by atoms with Crippen molar-refractivity contribution in [2.24, 2.45) is 0 Å². The Morgan fingerprint density at radius 2 is 1.89 bits per heavy atom. The second-order valence-corrected chi connectivity index (χ2v) is 6.37. The molecule has 0 bridgehead atoms. The molecule has 140 valence electrons. The van der Waals surface area contributed by atoms with Gasteiger partial charge in [-0.25, -0.2) is 9.18 Å². The molecule has 0 unspecified atom stereocenters. The summed E-state index contributed by atoms with van der Waals surface area (Å²) < 4.78 is 14.0. The lowest BCUT2D eigenvalue weighted by atomic mass is 10.1. The van der Waals surface area contributed by atoms with Crippen LogP contribution in [0.5, 0.6) is 0 Å². The lowest BCUT2D eigenvalue weighted by Crippen LogP contribution is -2.27. The van der Waals surface area contributed by atoms with Crippen molar-refractivity contribution in [3.05, 3.63) is 70.5 Å². The first-order chi connectivity index (χ1) is 13.0. The number of nitrogens with zero attached hydrogens (tertiary/aromatic N) is 1. The van der Waals surface area contributed by atoms with Crippen LogP contribution in [0.4, 0.5) is 4.39 Å². The molecule has 7 heteroatoms. The topological polar surface area (TPSA) is 86.7 Å². The number of carboxylic acid groups (broad SMARTS) is 1. The largest absolute Gasteiger partial charge is 0.478 e. The summed E-state index contributed by atoms with van der Waals surface area (Å²) in [6, 6.07) is 10.6. The van der Waals surface area contributed by atoms with Crippen LogP contribution in [0.25, 0.3) is 0 Å². The summed E-state index contributed by atoms with van der Waals surface area (Å²) in [6.07, 6.45) is 1.41. The quantitative estimate of drug-likeness (QED) is 0.818. The molecule has 27 heavy (non-hydrogen) atoms. The second kappa shape index (κ2) is 7.99. The van der Waals surface area contributed by atoms with E-state index in [1.807, 2.05) is 24.3 Å². The third-order valence-electron chi connectivity index (χ3n) is 4.55. The summed E-state index contributed by atoms with van der Waals surface area (Å²) in [5.41, 5.74) is 1.33. The van der Waals surface area contributed by atoms with E-state index in [0.717, 1.165) is 36.2 Å². The summed E-state index contributed by atoms with van der Waals surface area (Å²) in [4.78, 5) is 36.7. The Bertz CT molecular complexity index is 897. The van der Waals surface area contributed by atoms with Crippen molar-refractivity contribution in [1.29, 1.82) is 0 Å². The highest BCUT2D eigenvalue weighted by Crippen LogP contribution is 2.17. The Kier molecular flexibility index (Phi) is 5.49. The predicted molar refractivity (Wildman–Crippen MR) is 95.6 cm³/mol. The Labute approximate surface area is 155 Å². The van der Waals surface area contributed by atoms with Gasteiger partial charge in [0.1, 0.15) is 5.82 Å². The highest BCUT2D eigenvalue weighted by Gasteiger charge is 2.21. The van der Waals surface area contributed by atoms with E-state index in [0.29, 0.717) is 13.0 Å². The molecule has 0 atom stereocenters. The van der Waals surface area contributed by atoms with Crippen molar-refractivity contribution >= 4 is 17.8 Å². The van der Waals surface area contributed by atoms with Crippen molar-refractivity contribution in [3.63, 3.8) is 0 Å². The van der Waals surface area contributed by atoms with E-state index in [1.165, 1.54) is 6.07 Å². The molecule has 6 nitrogen and oxygen atoms in total. The van der Waals surface area contributed by atoms with Crippen LogP contribution in [0.15, 0.2) is 42.5 Å². The van der Waals surface area contributed by atoms with E-state index in [1.54, 1.807) is 4.90 Å². The van der Waals surface area contributed by atoms with Gasteiger partial charge in [0, 0.05) is 26.1 Å². The van der Waals surface area contributed by atoms with Crippen LogP contribution in [0.3, 0.4) is 0 Å². The van der Waals surface area contributed by atoms with Crippen LogP contribution < -0.4 is 5.32 Å². The molecule has 2 amide bonds. The number of rotatable bonds is 6. The number of likely N-dealkylation sites (tertiary alicyclic amines) is 1. The van der Waals surface area contributed by atoms with E-state index in [2.05, 4.69) is 5.32 Å². The van der Waals surface area contributed by atoms with Gasteiger partial charge in [0.2, 0.25) is 5.91 Å². The second-order valence-electron chi connectivity index (χ2n) is 6.37. The van der Waals surface area contributed by atoms with Gasteiger partial charge in [-0.15, -0.1) is 0 Å². The number of nitrogens with one attached hydrogen (secondary N) is 1. The Hall–Kier alpha value is -3.22. The van der Waals surface area contributed by atoms with Crippen molar-refractivity contribution in [1.82, 2.24) is 10.2 Å². The number of hydrogen-bond donors (Lipinski definition) is 2. The molecule has 2 aromatic rings. The van der Waals surface area contributed by atoms with Gasteiger partial charge in [0.15, 0.2) is 0 Å². The maximum atomic E-state index is 14.0. The fourth-order valence-electron chi connectivity index (χ4n) is 3.06. The highest BCUT2D eigenvalue weighted by atomic mass is 19.1. The van der Waals surface area contributed by atoms with Crippen LogP contribution in [0.1, 0.15) is 44.7 Å². The molecule has 2 aromatic carbocycles. The third-order valence-corrected chi connectivity index (χ3v) is 4.55. The summed E-state index contributed by atoms with van der Waals surface area (Å²) in [5, 5.41) is 11.5. The highest BCUT2D eigenvalue weighted by molar-refractivity contribution is 5.96. The number of aromatic carboxylic acids is 1. The minimum absolute atomic E-state index is 0.120. The van der Waals surface area contributed by atoms with Crippen molar-refractivity contribution in [2.75, 3.05) is 6.54 Å². The van der Waals surface area contributed by atoms with E-state index < -0.39 is 17.7 Å². The van der Waals surface area contributed by atoms with E-state index in [9.17, 15) is 18.8 Å². The summed E-state index contributed by atoms with van der Waals surface area (Å²) in [6.45, 7) is 1.38. The Balaban J connectivity index is 1.69. The fraction of sp³-hybridized carbons (Fsp3) is 0.250. The maximum absolute atomic E-state index is 14.0. The SMILES string of the molecule is O=C(O)c1ccc(C(=O)NCc2ccccc2CN2CCCC2=O)c(F)c1. The molecule has 0 spiro atoms. The minimum Gasteiger partial charge on any atom is -0.478 e. The standard InChI is InChI=1S/C20H19FN2O4/c21-17-10-13(20(26)27)7-8-16(17)19(25)22-11-14-4-1-2-5-15(14)12-23-9-3-6-18(23)24/h1-2,4-5,7-8,10H,3,6,9,11-12H2,(H,22,25)(H,26,27). The molecule has 0 saturated carbocycles. The molecule has 3 rings (SSSR count). The monoisotopic (exact) mass is 370 g/mol. The van der Waals surface area contributed by atoms with Gasteiger partial charge in [-0.05, 0) is 35.7 Å². The van der Waals surface area contributed by atoms with Crippen LogP contribution in [0.2, 0.25) is 0 Å². The smallest absolute Gasteiger partial charge is 0.335 e. The first-order valence-electron chi connectivity index (χ1n) is 8.61. The van der Waals surface area contributed by atoms with Gasteiger partial charge in [-0.2, -0.15) is 0 Å². The minimum atomic E-state index is -1.26. The van der Waals surface area contributed by atoms with Crippen molar-refractivity contribution in [2.45, 2.75) is 25.9 Å². The zero-order chi connectivity index (χ0) is 19.4. The van der Waals surface area contributed by atoms with Gasteiger partial charge in [0.05, 0.1) is 11.1 Å². The van der Waals surface area contributed by atoms with Gasteiger partial charge in [-0.1, -0.05) is 24.3 Å². The van der Waals surface area contributed by atoms with Crippen molar-refractivity contribution < 1.29 is 23.9 Å². The van der Waals surface area contributed by atoms with Crippen LogP contribution in [-0.2, 0) is 17.9 Å². The summed E-state index contributed by atoms with van der Waals surface area (Å²) >= 11 is 0. The third kappa shape index (κ3) is 4.31. The van der Waals surface area contributed by atoms with Gasteiger partial charge >= 0.3 is 5.97 Å². The van der Waals surface area contributed by atoms with Gasteiger partial charge < -0.3 is 15.3 Å². The predicted octanol–water partition coefficient (Wildman–Crippen LogP) is 2.58. The molecular formula is C20H19FN2O4. The average molecular weight is 370 g/mol. The van der Waals surface area contributed by atoms with Crippen LogP contribution >= 0.6 is 0 Å². The zero-order valence-electron chi connectivity index (χ0n) is 14.6. The Morgan fingerprint density at radius 3 is 2.52 bits per heavy atom. The number of hydrogen-bond acceptors (Lipinski definition) is 3. The molecule has 1 aliphatic heterocycles. The molecule has 1 fully saturated rings. The summed E-state index contributed by atoms with van der Waals surface area (Å²) in [5.74, 6) is -2.65. The first-order valence-corrected chi connectivity index (χ1v) is 8.61. The molecule has 2 N–H and O–H groups in total. The molecular weight excluding hydrogens is 351 g/mol. The van der Waals surface area contributed by atoms with E-state index in [-0.39, 0.29) is 23.6 Å². The lowest BCUT2D eigenvalue weighted by Gasteiger charge is -2.18. The fourth-order valence-corrected chi connectivity index (χ4v) is 3.06. The number of carboxylic acids is 1. The van der Waals surface area contributed by atoms with Crippen LogP contribution in [-0.4, -0.2) is 34.3 Å². The molecule has 0 aliphatic carbocycles. The number of amides is 2. The lowest BCUT2D eigenvalue weighted by molar-refractivity contribution is -0.128.